The summed E-state index contributed by atoms with van der Waals surface area (Å²) in [6.45, 7) is 1.01. The van der Waals surface area contributed by atoms with E-state index in [1.165, 1.54) is 15.3 Å². The molecule has 4 heteroatoms. The fraction of sp³-hybridized carbons (Fsp3) is 0.286. The predicted molar refractivity (Wildman–Crippen MR) is 80.9 cm³/mol. The van der Waals surface area contributed by atoms with Crippen LogP contribution in [-0.4, -0.2) is 12.3 Å². The molecule has 1 nitrogen and oxygen atoms in total. The summed E-state index contributed by atoms with van der Waals surface area (Å²) in [5.74, 6) is 1.14. The molecule has 94 valence electrons. The van der Waals surface area contributed by atoms with E-state index >= 15 is 0 Å². The molecule has 0 fully saturated rings. The predicted octanol–water partition coefficient (Wildman–Crippen LogP) is 4.38. The van der Waals surface area contributed by atoms with Crippen molar-refractivity contribution < 1.29 is 0 Å². The zero-order valence-corrected chi connectivity index (χ0v) is 12.2. The van der Waals surface area contributed by atoms with Gasteiger partial charge in [0.2, 0.25) is 0 Å². The fourth-order valence-electron chi connectivity index (χ4n) is 2.19. The molecule has 1 atom stereocenters. The van der Waals surface area contributed by atoms with Gasteiger partial charge in [0.25, 0.3) is 0 Å². The normalized spacial score (nSPS) is 17.9. The Bertz CT molecular complexity index is 538. The van der Waals surface area contributed by atoms with Crippen LogP contribution in [0.5, 0.6) is 0 Å². The Morgan fingerprint density at radius 1 is 1.22 bits per heavy atom. The van der Waals surface area contributed by atoms with Crippen molar-refractivity contribution in [2.45, 2.75) is 17.4 Å². The van der Waals surface area contributed by atoms with Crippen LogP contribution < -0.4 is 5.32 Å². The lowest BCUT2D eigenvalue weighted by atomic mass is 10.1. The smallest absolute Gasteiger partial charge is 0.0931 e. The average Bonchev–Trinajstić information content (AvgIpc) is 2.97. The first-order valence-electron chi connectivity index (χ1n) is 6.02. The van der Waals surface area contributed by atoms with E-state index in [9.17, 15) is 0 Å². The summed E-state index contributed by atoms with van der Waals surface area (Å²) >= 11 is 9.55. The Morgan fingerprint density at radius 3 is 2.94 bits per heavy atom. The molecule has 1 N–H and O–H groups in total. The number of nitrogens with one attached hydrogen (secondary N) is 1. The molecular weight excluding hydrogens is 282 g/mol. The minimum atomic E-state index is 0.502. The molecule has 1 aromatic heterocycles. The van der Waals surface area contributed by atoms with Gasteiger partial charge in [0, 0.05) is 28.1 Å². The second-order valence-electron chi connectivity index (χ2n) is 4.31. The van der Waals surface area contributed by atoms with E-state index in [1.807, 2.05) is 17.8 Å². The molecule has 0 saturated carbocycles. The Balaban J connectivity index is 1.56. The lowest BCUT2D eigenvalue weighted by Crippen LogP contribution is -2.23. The number of rotatable bonds is 4. The Labute approximate surface area is 121 Å². The van der Waals surface area contributed by atoms with Crippen molar-refractivity contribution in [1.82, 2.24) is 5.32 Å². The summed E-state index contributed by atoms with van der Waals surface area (Å²) in [7, 11) is 0. The lowest BCUT2D eigenvalue weighted by molar-refractivity contribution is 0.587. The van der Waals surface area contributed by atoms with Crippen LogP contribution in [0.4, 0.5) is 0 Å². The monoisotopic (exact) mass is 295 g/mol. The number of halogens is 1. The largest absolute Gasteiger partial charge is 0.309 e. The van der Waals surface area contributed by atoms with Crippen molar-refractivity contribution >= 4 is 34.7 Å². The highest BCUT2D eigenvalue weighted by Gasteiger charge is 2.21. The molecule has 1 aliphatic rings. The molecule has 0 aliphatic carbocycles. The summed E-state index contributed by atoms with van der Waals surface area (Å²) in [6.07, 6.45) is 1.06. The summed E-state index contributed by atoms with van der Waals surface area (Å²) in [5, 5.41) is 3.64. The van der Waals surface area contributed by atoms with Crippen molar-refractivity contribution in [1.29, 1.82) is 0 Å². The van der Waals surface area contributed by atoms with E-state index in [4.69, 9.17) is 11.6 Å². The van der Waals surface area contributed by atoms with E-state index in [0.29, 0.717) is 6.04 Å². The van der Waals surface area contributed by atoms with Gasteiger partial charge in [-0.05, 0) is 30.2 Å². The molecule has 1 aliphatic heterocycles. The molecule has 18 heavy (non-hydrogen) atoms. The third-order valence-corrected chi connectivity index (χ3v) is 5.56. The first-order valence-corrected chi connectivity index (χ1v) is 8.20. The Kier molecular flexibility index (Phi) is 3.94. The third kappa shape index (κ3) is 2.75. The maximum atomic E-state index is 5.93. The van der Waals surface area contributed by atoms with Crippen molar-refractivity contribution in [3.63, 3.8) is 0 Å². The van der Waals surface area contributed by atoms with E-state index in [1.54, 1.807) is 11.3 Å². The van der Waals surface area contributed by atoms with E-state index in [2.05, 4.69) is 35.6 Å². The van der Waals surface area contributed by atoms with Crippen LogP contribution in [0.25, 0.3) is 0 Å². The van der Waals surface area contributed by atoms with Crippen LogP contribution in [0.15, 0.2) is 41.3 Å². The summed E-state index contributed by atoms with van der Waals surface area (Å²) in [6, 6.07) is 13.3. The first kappa shape index (κ1) is 12.5. The van der Waals surface area contributed by atoms with E-state index in [0.717, 1.165) is 23.1 Å². The maximum Gasteiger partial charge on any atom is 0.0931 e. The number of hydrogen-bond acceptors (Lipinski definition) is 3. The molecule has 1 aromatic carbocycles. The van der Waals surface area contributed by atoms with Gasteiger partial charge in [0.15, 0.2) is 0 Å². The van der Waals surface area contributed by atoms with E-state index in [-0.39, 0.29) is 0 Å². The van der Waals surface area contributed by atoms with Gasteiger partial charge in [-0.2, -0.15) is 0 Å². The topological polar surface area (TPSA) is 12.0 Å². The standard InChI is InChI=1S/C14H14ClNS2/c15-14-6-5-10(18-14)7-8-16-12-9-17-13-4-2-1-3-11(12)13/h1-6,12,16H,7-9H2. The van der Waals surface area contributed by atoms with Crippen LogP contribution in [0.2, 0.25) is 4.34 Å². The Hall–Kier alpha value is -0.480. The van der Waals surface area contributed by atoms with Gasteiger partial charge in [-0.25, -0.2) is 0 Å². The molecule has 1 unspecified atom stereocenters. The second-order valence-corrected chi connectivity index (χ2v) is 7.17. The van der Waals surface area contributed by atoms with Crippen molar-refractivity contribution in [2.75, 3.05) is 12.3 Å². The summed E-state index contributed by atoms with van der Waals surface area (Å²) in [4.78, 5) is 2.78. The lowest BCUT2D eigenvalue weighted by Gasteiger charge is -2.12. The van der Waals surface area contributed by atoms with Gasteiger partial charge in [-0.15, -0.1) is 23.1 Å². The minimum absolute atomic E-state index is 0.502. The fourth-order valence-corrected chi connectivity index (χ4v) is 4.47. The van der Waals surface area contributed by atoms with Gasteiger partial charge in [-0.1, -0.05) is 29.8 Å². The van der Waals surface area contributed by atoms with Crippen LogP contribution in [0.1, 0.15) is 16.5 Å². The number of fused-ring (bicyclic) bond motifs is 1. The molecular formula is C14H14ClNS2. The van der Waals surface area contributed by atoms with Crippen LogP contribution in [0.3, 0.4) is 0 Å². The molecule has 2 heterocycles. The quantitative estimate of drug-likeness (QED) is 0.898. The van der Waals surface area contributed by atoms with Gasteiger partial charge in [0.05, 0.1) is 4.34 Å². The molecule has 0 amide bonds. The van der Waals surface area contributed by atoms with Gasteiger partial charge in [0.1, 0.15) is 0 Å². The zero-order chi connectivity index (χ0) is 12.4. The van der Waals surface area contributed by atoms with Crippen LogP contribution in [0, 0.1) is 0 Å². The first-order chi connectivity index (χ1) is 8.83. The molecule has 0 spiro atoms. The minimum Gasteiger partial charge on any atom is -0.309 e. The average molecular weight is 296 g/mol. The van der Waals surface area contributed by atoms with Gasteiger partial charge < -0.3 is 5.32 Å². The molecule has 2 aromatic rings. The molecule has 0 saturated heterocycles. The van der Waals surface area contributed by atoms with Crippen LogP contribution >= 0.6 is 34.7 Å². The molecule has 0 radical (unpaired) electrons. The van der Waals surface area contributed by atoms with Gasteiger partial charge >= 0.3 is 0 Å². The molecule has 3 rings (SSSR count). The summed E-state index contributed by atoms with van der Waals surface area (Å²) < 4.78 is 0.881. The van der Waals surface area contributed by atoms with Crippen LogP contribution in [-0.2, 0) is 6.42 Å². The number of hydrogen-bond donors (Lipinski definition) is 1. The van der Waals surface area contributed by atoms with Crippen molar-refractivity contribution in [2.24, 2.45) is 0 Å². The SMILES string of the molecule is Clc1ccc(CCNC2CSc3ccccc32)s1. The molecule has 0 bridgehead atoms. The number of benzene rings is 1. The highest BCUT2D eigenvalue weighted by atomic mass is 35.5. The summed E-state index contributed by atoms with van der Waals surface area (Å²) in [5.41, 5.74) is 1.45. The third-order valence-electron chi connectivity index (χ3n) is 3.09. The highest BCUT2D eigenvalue weighted by Crippen LogP contribution is 2.37. The van der Waals surface area contributed by atoms with Gasteiger partial charge in [-0.3, -0.25) is 0 Å². The van der Waals surface area contributed by atoms with E-state index < -0.39 is 0 Å². The zero-order valence-electron chi connectivity index (χ0n) is 9.86. The second kappa shape index (κ2) is 5.66. The highest BCUT2D eigenvalue weighted by molar-refractivity contribution is 7.99. The Morgan fingerprint density at radius 2 is 2.11 bits per heavy atom. The maximum absolute atomic E-state index is 5.93. The van der Waals surface area contributed by atoms with Crippen molar-refractivity contribution in [3.05, 3.63) is 51.2 Å². The number of thiophene rings is 1. The van der Waals surface area contributed by atoms with Crippen molar-refractivity contribution in [3.8, 4) is 0 Å². The number of thioether (sulfide) groups is 1.